The van der Waals surface area contributed by atoms with Gasteiger partial charge in [-0.15, -0.1) is 0 Å². The number of halogens is 2. The first-order valence-corrected chi connectivity index (χ1v) is 12.4. The molecule has 5 rings (SSSR count). The van der Waals surface area contributed by atoms with E-state index < -0.39 is 5.97 Å². The fourth-order valence-electron chi connectivity index (χ4n) is 4.91. The Morgan fingerprint density at radius 1 is 0.861 bits per heavy atom. The van der Waals surface area contributed by atoms with Crippen LogP contribution in [0.2, 0.25) is 10.0 Å². The summed E-state index contributed by atoms with van der Waals surface area (Å²) in [6, 6.07) is 23.9. The molecule has 0 unspecified atom stereocenters. The van der Waals surface area contributed by atoms with Crippen LogP contribution >= 0.6 is 23.2 Å². The molecule has 0 spiro atoms. The maximum absolute atomic E-state index is 13.5. The molecule has 4 aromatic carbocycles. The number of benzene rings is 4. The summed E-state index contributed by atoms with van der Waals surface area (Å²) in [6.07, 6.45) is 0.722. The number of urea groups is 1. The second-order valence-corrected chi connectivity index (χ2v) is 10.1. The van der Waals surface area contributed by atoms with Crippen LogP contribution in [0.3, 0.4) is 0 Å². The van der Waals surface area contributed by atoms with Crippen molar-refractivity contribution < 1.29 is 14.7 Å². The van der Waals surface area contributed by atoms with Gasteiger partial charge in [0, 0.05) is 28.2 Å². The van der Waals surface area contributed by atoms with Crippen molar-refractivity contribution in [1.29, 1.82) is 0 Å². The molecule has 0 aromatic heterocycles. The summed E-state index contributed by atoms with van der Waals surface area (Å²) >= 11 is 12.6. The molecule has 182 valence electrons. The van der Waals surface area contributed by atoms with Gasteiger partial charge in [0.05, 0.1) is 11.6 Å². The Labute approximate surface area is 219 Å². The number of aromatic carboxylic acids is 1. The van der Waals surface area contributed by atoms with Crippen LogP contribution in [0.5, 0.6) is 0 Å². The number of carbonyl (C=O) groups excluding carboxylic acids is 1. The molecule has 1 aliphatic rings. The van der Waals surface area contributed by atoms with Crippen molar-refractivity contribution in [2.45, 2.75) is 25.3 Å². The van der Waals surface area contributed by atoms with Crippen molar-refractivity contribution in [2.75, 3.05) is 11.9 Å². The van der Waals surface area contributed by atoms with Crippen LogP contribution in [0.15, 0.2) is 78.9 Å². The molecular formula is C29H24Cl2N2O3. The van der Waals surface area contributed by atoms with E-state index >= 15 is 0 Å². The number of carbonyl (C=O) groups is 2. The second kappa shape index (κ2) is 9.84. The Morgan fingerprint density at radius 2 is 1.53 bits per heavy atom. The zero-order valence-electron chi connectivity index (χ0n) is 19.5. The SMILES string of the molecule is Cc1ccc2cc([C@H]3C[C@@H](c4cc(Cl)cc(Cl)c4)CN3C(=O)Nc3ccc(C(=O)O)cc3)ccc2c1. The highest BCUT2D eigenvalue weighted by atomic mass is 35.5. The van der Waals surface area contributed by atoms with Crippen molar-refractivity contribution in [3.05, 3.63) is 111 Å². The fourth-order valence-corrected chi connectivity index (χ4v) is 5.45. The molecule has 0 radical (unpaired) electrons. The van der Waals surface area contributed by atoms with Gasteiger partial charge in [-0.1, -0.05) is 59.1 Å². The number of rotatable bonds is 4. The first kappa shape index (κ1) is 24.2. The van der Waals surface area contributed by atoms with Gasteiger partial charge in [-0.2, -0.15) is 0 Å². The molecule has 1 heterocycles. The van der Waals surface area contributed by atoms with Crippen LogP contribution < -0.4 is 5.32 Å². The summed E-state index contributed by atoms with van der Waals surface area (Å²) in [5, 5.41) is 15.5. The molecule has 5 nitrogen and oxygen atoms in total. The number of anilines is 1. The summed E-state index contributed by atoms with van der Waals surface area (Å²) < 4.78 is 0. The summed E-state index contributed by atoms with van der Waals surface area (Å²) in [5.74, 6) is -0.956. The third-order valence-electron chi connectivity index (χ3n) is 6.71. The zero-order valence-corrected chi connectivity index (χ0v) is 21.1. The van der Waals surface area contributed by atoms with Crippen LogP contribution in [0.1, 0.15) is 45.4 Å². The standard InChI is InChI=1S/C29H24Cl2N2O3/c1-17-2-3-20-11-21(5-4-19(20)10-17)27-14-23(22-12-24(30)15-25(31)13-22)16-33(27)29(36)32-26-8-6-18(7-9-26)28(34)35/h2-13,15,23,27H,14,16H2,1H3,(H,32,36)(H,34,35)/t23-,27-/m1/s1. The lowest BCUT2D eigenvalue weighted by Crippen LogP contribution is -2.34. The number of likely N-dealkylation sites (tertiary alicyclic amines) is 1. The van der Waals surface area contributed by atoms with Crippen molar-refractivity contribution >= 4 is 51.7 Å². The Morgan fingerprint density at radius 3 is 2.22 bits per heavy atom. The van der Waals surface area contributed by atoms with Crippen LogP contribution in [-0.2, 0) is 0 Å². The van der Waals surface area contributed by atoms with Gasteiger partial charge in [0.2, 0.25) is 0 Å². The topological polar surface area (TPSA) is 69.6 Å². The van der Waals surface area contributed by atoms with Crippen LogP contribution in [-0.4, -0.2) is 28.6 Å². The number of carboxylic acid groups (broad SMARTS) is 1. The zero-order chi connectivity index (χ0) is 25.4. The largest absolute Gasteiger partial charge is 0.478 e. The molecule has 1 fully saturated rings. The summed E-state index contributed by atoms with van der Waals surface area (Å²) in [7, 11) is 0. The Hall–Kier alpha value is -3.54. The number of nitrogens with zero attached hydrogens (tertiary/aromatic N) is 1. The smallest absolute Gasteiger partial charge is 0.335 e. The van der Waals surface area contributed by atoms with Crippen molar-refractivity contribution in [3.63, 3.8) is 0 Å². The van der Waals surface area contributed by atoms with E-state index in [1.165, 1.54) is 17.7 Å². The van der Waals surface area contributed by atoms with Crippen LogP contribution in [0.4, 0.5) is 10.5 Å². The van der Waals surface area contributed by atoms with Crippen LogP contribution in [0.25, 0.3) is 10.8 Å². The molecule has 1 aliphatic heterocycles. The highest BCUT2D eigenvalue weighted by Crippen LogP contribution is 2.42. The van der Waals surface area contributed by atoms with Gasteiger partial charge in [0.1, 0.15) is 0 Å². The van der Waals surface area contributed by atoms with E-state index in [0.29, 0.717) is 22.3 Å². The van der Waals surface area contributed by atoms with E-state index in [1.807, 2.05) is 17.0 Å². The quantitative estimate of drug-likeness (QED) is 0.288. The molecule has 4 aromatic rings. The molecule has 1 saturated heterocycles. The van der Waals surface area contributed by atoms with Gasteiger partial charge in [-0.25, -0.2) is 9.59 Å². The van der Waals surface area contributed by atoms with E-state index in [2.05, 4.69) is 48.6 Å². The summed E-state index contributed by atoms with van der Waals surface area (Å²) in [4.78, 5) is 26.5. The maximum atomic E-state index is 13.5. The molecule has 2 amide bonds. The predicted octanol–water partition coefficient (Wildman–Crippen LogP) is 7.92. The summed E-state index contributed by atoms with van der Waals surface area (Å²) in [6.45, 7) is 2.56. The predicted molar refractivity (Wildman–Crippen MR) is 144 cm³/mol. The molecule has 0 aliphatic carbocycles. The molecule has 0 bridgehead atoms. The minimum atomic E-state index is -1.01. The van der Waals surface area contributed by atoms with E-state index in [9.17, 15) is 9.59 Å². The average Bonchev–Trinajstić information content (AvgIpc) is 3.29. The van der Waals surface area contributed by atoms with Crippen molar-refractivity contribution in [2.24, 2.45) is 0 Å². The normalized spacial score (nSPS) is 17.4. The van der Waals surface area contributed by atoms with E-state index in [4.69, 9.17) is 28.3 Å². The average molecular weight is 519 g/mol. The number of nitrogens with one attached hydrogen (secondary N) is 1. The number of amides is 2. The maximum Gasteiger partial charge on any atom is 0.335 e. The molecule has 7 heteroatoms. The Bertz CT molecular complexity index is 1450. The fraction of sp³-hybridized carbons (Fsp3) is 0.172. The molecule has 2 atom stereocenters. The first-order chi connectivity index (χ1) is 17.3. The van der Waals surface area contributed by atoms with E-state index in [1.54, 1.807) is 18.2 Å². The number of aryl methyl sites for hydroxylation is 1. The number of hydrogen-bond donors (Lipinski definition) is 2. The minimum Gasteiger partial charge on any atom is -0.478 e. The highest BCUT2D eigenvalue weighted by Gasteiger charge is 2.37. The third-order valence-corrected chi connectivity index (χ3v) is 7.14. The number of carboxylic acids is 1. The third kappa shape index (κ3) is 5.03. The number of fused-ring (bicyclic) bond motifs is 1. The second-order valence-electron chi connectivity index (χ2n) is 9.23. The lowest BCUT2D eigenvalue weighted by molar-refractivity contribution is 0.0697. The van der Waals surface area contributed by atoms with Crippen molar-refractivity contribution in [1.82, 2.24) is 4.90 Å². The van der Waals surface area contributed by atoms with Gasteiger partial charge >= 0.3 is 12.0 Å². The van der Waals surface area contributed by atoms with Gasteiger partial charge in [0.25, 0.3) is 0 Å². The minimum absolute atomic E-state index is 0.0556. The highest BCUT2D eigenvalue weighted by molar-refractivity contribution is 6.34. The lowest BCUT2D eigenvalue weighted by Gasteiger charge is -2.25. The van der Waals surface area contributed by atoms with Gasteiger partial charge in [-0.3, -0.25) is 0 Å². The molecule has 0 saturated carbocycles. The molecular weight excluding hydrogens is 495 g/mol. The van der Waals surface area contributed by atoms with Crippen LogP contribution in [0, 0.1) is 6.92 Å². The molecule has 36 heavy (non-hydrogen) atoms. The van der Waals surface area contributed by atoms with E-state index in [-0.39, 0.29) is 23.6 Å². The summed E-state index contributed by atoms with van der Waals surface area (Å²) in [5.41, 5.74) is 3.95. The lowest BCUT2D eigenvalue weighted by atomic mass is 9.93. The number of hydrogen-bond acceptors (Lipinski definition) is 2. The van der Waals surface area contributed by atoms with Gasteiger partial charge in [0.15, 0.2) is 0 Å². The molecule has 2 N–H and O–H groups in total. The Balaban J connectivity index is 1.47. The van der Waals surface area contributed by atoms with Gasteiger partial charge < -0.3 is 15.3 Å². The van der Waals surface area contributed by atoms with Crippen molar-refractivity contribution in [3.8, 4) is 0 Å². The first-order valence-electron chi connectivity index (χ1n) is 11.6. The van der Waals surface area contributed by atoms with E-state index in [0.717, 1.165) is 28.3 Å². The van der Waals surface area contributed by atoms with Gasteiger partial charge in [-0.05, 0) is 83.8 Å². The Kier molecular flexibility index (Phi) is 6.61. The monoisotopic (exact) mass is 518 g/mol.